The molecular formula is C6H10F2O5. The molecule has 0 aromatic rings. The Labute approximate surface area is 72.2 Å². The first-order chi connectivity index (χ1) is 5.92. The highest BCUT2D eigenvalue weighted by Crippen LogP contribution is 2.31. The van der Waals surface area contributed by atoms with Crippen molar-refractivity contribution >= 4 is 0 Å². The molecule has 78 valence electrons. The van der Waals surface area contributed by atoms with Crippen molar-refractivity contribution in [2.45, 2.75) is 30.5 Å². The molecule has 1 aliphatic rings. The average Bonchev–Trinajstić information content (AvgIpc) is 2.12. The highest BCUT2D eigenvalue weighted by molar-refractivity contribution is 4.93. The van der Waals surface area contributed by atoms with Gasteiger partial charge in [-0.2, -0.15) is 0 Å². The molecule has 1 aliphatic heterocycles. The molecule has 0 spiro atoms. The lowest BCUT2D eigenvalue weighted by Gasteiger charge is -2.40. The van der Waals surface area contributed by atoms with Gasteiger partial charge in [0.15, 0.2) is 0 Å². The molecule has 5 nitrogen and oxygen atoms in total. The number of aliphatic hydroxyl groups excluding tert-OH is 4. The van der Waals surface area contributed by atoms with E-state index in [1.165, 1.54) is 0 Å². The van der Waals surface area contributed by atoms with Crippen LogP contribution in [0.1, 0.15) is 0 Å². The zero-order valence-corrected chi connectivity index (χ0v) is 6.47. The van der Waals surface area contributed by atoms with Gasteiger partial charge >= 0.3 is 0 Å². The zero-order valence-electron chi connectivity index (χ0n) is 6.47. The first kappa shape index (κ1) is 10.7. The van der Waals surface area contributed by atoms with Gasteiger partial charge in [-0.1, -0.05) is 0 Å². The van der Waals surface area contributed by atoms with Crippen molar-refractivity contribution in [1.29, 1.82) is 0 Å². The Hall–Kier alpha value is -0.340. The second-order valence-electron chi connectivity index (χ2n) is 2.84. The van der Waals surface area contributed by atoms with Gasteiger partial charge in [-0.25, -0.2) is 8.78 Å². The van der Waals surface area contributed by atoms with Gasteiger partial charge < -0.3 is 25.2 Å². The summed E-state index contributed by atoms with van der Waals surface area (Å²) in [4.78, 5) is 0. The molecule has 5 atom stereocenters. The Kier molecular flexibility index (Phi) is 2.83. The van der Waals surface area contributed by atoms with Crippen molar-refractivity contribution < 1.29 is 33.9 Å². The van der Waals surface area contributed by atoms with E-state index in [1.807, 2.05) is 0 Å². The van der Waals surface area contributed by atoms with E-state index < -0.39 is 37.1 Å². The number of aliphatic hydroxyl groups is 4. The lowest BCUT2D eigenvalue weighted by atomic mass is 9.98. The molecule has 13 heavy (non-hydrogen) atoms. The van der Waals surface area contributed by atoms with Crippen LogP contribution in [0.4, 0.5) is 8.78 Å². The van der Waals surface area contributed by atoms with Crippen LogP contribution in [0.2, 0.25) is 0 Å². The standard InChI is InChI=1S/C6H10F2O5/c7-5-3(11)2(10)4(12)6(8,1-9)13-5/h2-5,9-12H,1H2/t2-,3-,4+,5-,6-/m1/s1. The van der Waals surface area contributed by atoms with Crippen molar-refractivity contribution in [3.05, 3.63) is 0 Å². The van der Waals surface area contributed by atoms with E-state index in [2.05, 4.69) is 4.74 Å². The van der Waals surface area contributed by atoms with Crippen LogP contribution in [0.5, 0.6) is 0 Å². The molecule has 0 aliphatic carbocycles. The molecule has 0 radical (unpaired) electrons. The minimum atomic E-state index is -3.07. The van der Waals surface area contributed by atoms with Crippen molar-refractivity contribution in [2.24, 2.45) is 0 Å². The third-order valence-corrected chi connectivity index (χ3v) is 1.91. The largest absolute Gasteiger partial charge is 0.390 e. The molecule has 0 aromatic heterocycles. The van der Waals surface area contributed by atoms with E-state index in [9.17, 15) is 8.78 Å². The molecule has 0 unspecified atom stereocenters. The number of hydrogen-bond donors (Lipinski definition) is 4. The van der Waals surface area contributed by atoms with Crippen LogP contribution >= 0.6 is 0 Å². The number of ether oxygens (including phenoxy) is 1. The highest BCUT2D eigenvalue weighted by atomic mass is 19.2. The van der Waals surface area contributed by atoms with Crippen LogP contribution in [0, 0.1) is 0 Å². The number of halogens is 2. The predicted molar refractivity (Wildman–Crippen MR) is 34.9 cm³/mol. The van der Waals surface area contributed by atoms with E-state index in [0.29, 0.717) is 0 Å². The smallest absolute Gasteiger partial charge is 0.263 e. The molecular weight excluding hydrogens is 190 g/mol. The topological polar surface area (TPSA) is 90.2 Å². The lowest BCUT2D eigenvalue weighted by Crippen LogP contribution is -2.62. The molecule has 1 heterocycles. The molecule has 4 N–H and O–H groups in total. The maximum absolute atomic E-state index is 13.1. The van der Waals surface area contributed by atoms with Gasteiger partial charge in [0.25, 0.3) is 5.85 Å². The first-order valence-corrected chi connectivity index (χ1v) is 3.58. The zero-order chi connectivity index (χ0) is 10.2. The fourth-order valence-electron chi connectivity index (χ4n) is 1.05. The summed E-state index contributed by atoms with van der Waals surface area (Å²) < 4.78 is 29.6. The summed E-state index contributed by atoms with van der Waals surface area (Å²) >= 11 is 0. The molecule has 0 amide bonds. The van der Waals surface area contributed by atoms with Crippen LogP contribution in [-0.2, 0) is 4.74 Å². The lowest BCUT2D eigenvalue weighted by molar-refractivity contribution is -0.349. The minimum absolute atomic E-state index is 1.31. The molecule has 0 saturated carbocycles. The molecule has 1 fully saturated rings. The number of hydrogen-bond acceptors (Lipinski definition) is 5. The molecule has 0 bridgehead atoms. The van der Waals surface area contributed by atoms with Crippen LogP contribution < -0.4 is 0 Å². The van der Waals surface area contributed by atoms with Gasteiger partial charge in [0, 0.05) is 0 Å². The first-order valence-electron chi connectivity index (χ1n) is 3.58. The number of alkyl halides is 2. The Morgan fingerprint density at radius 2 is 1.77 bits per heavy atom. The van der Waals surface area contributed by atoms with Crippen LogP contribution in [-0.4, -0.2) is 57.6 Å². The van der Waals surface area contributed by atoms with E-state index >= 15 is 0 Å². The van der Waals surface area contributed by atoms with Gasteiger partial charge in [-0.15, -0.1) is 0 Å². The van der Waals surface area contributed by atoms with Crippen LogP contribution in [0.15, 0.2) is 0 Å². The third-order valence-electron chi connectivity index (χ3n) is 1.91. The summed E-state index contributed by atoms with van der Waals surface area (Å²) in [6, 6.07) is 0. The van der Waals surface area contributed by atoms with Gasteiger partial charge in [0.05, 0.1) is 0 Å². The van der Waals surface area contributed by atoms with E-state index in [4.69, 9.17) is 20.4 Å². The summed E-state index contributed by atoms with van der Waals surface area (Å²) in [5.41, 5.74) is 0. The monoisotopic (exact) mass is 200 g/mol. The minimum Gasteiger partial charge on any atom is -0.390 e. The van der Waals surface area contributed by atoms with Gasteiger partial charge in [0.1, 0.15) is 24.9 Å². The molecule has 7 heteroatoms. The fraction of sp³-hybridized carbons (Fsp3) is 1.00. The summed E-state index contributed by atoms with van der Waals surface area (Å²) in [6.07, 6.45) is -8.71. The molecule has 1 rings (SSSR count). The second kappa shape index (κ2) is 3.43. The SMILES string of the molecule is OC[C@@]1(F)O[C@@H](F)[C@H](O)[C@@H](O)[C@@H]1O. The second-order valence-corrected chi connectivity index (χ2v) is 2.84. The Morgan fingerprint density at radius 1 is 1.23 bits per heavy atom. The van der Waals surface area contributed by atoms with Crippen molar-refractivity contribution in [1.82, 2.24) is 0 Å². The maximum Gasteiger partial charge on any atom is 0.263 e. The molecule has 0 aromatic carbocycles. The Bertz CT molecular complexity index is 192. The van der Waals surface area contributed by atoms with Crippen molar-refractivity contribution in [3.63, 3.8) is 0 Å². The van der Waals surface area contributed by atoms with E-state index in [-0.39, 0.29) is 0 Å². The summed E-state index contributed by atoms with van der Waals surface area (Å²) in [5, 5.41) is 35.1. The van der Waals surface area contributed by atoms with Crippen molar-refractivity contribution in [3.8, 4) is 0 Å². The van der Waals surface area contributed by atoms with Gasteiger partial charge in [-0.3, -0.25) is 0 Å². The van der Waals surface area contributed by atoms with E-state index in [0.717, 1.165) is 0 Å². The van der Waals surface area contributed by atoms with E-state index in [1.54, 1.807) is 0 Å². The summed E-state index contributed by atoms with van der Waals surface area (Å²) in [7, 11) is 0. The van der Waals surface area contributed by atoms with Gasteiger partial charge in [-0.05, 0) is 0 Å². The quantitative estimate of drug-likeness (QED) is 0.395. The predicted octanol–water partition coefficient (Wildman–Crippen LogP) is -1.95. The Balaban J connectivity index is 2.82. The molecule has 1 saturated heterocycles. The number of rotatable bonds is 1. The van der Waals surface area contributed by atoms with Crippen LogP contribution in [0.25, 0.3) is 0 Å². The highest BCUT2D eigenvalue weighted by Gasteiger charge is 2.54. The fourth-order valence-corrected chi connectivity index (χ4v) is 1.05. The Morgan fingerprint density at radius 3 is 2.23 bits per heavy atom. The normalized spacial score (nSPS) is 52.2. The van der Waals surface area contributed by atoms with Gasteiger partial charge in [0.2, 0.25) is 6.36 Å². The summed E-state index contributed by atoms with van der Waals surface area (Å²) in [6.45, 7) is -1.31. The maximum atomic E-state index is 13.1. The average molecular weight is 200 g/mol. The van der Waals surface area contributed by atoms with Crippen LogP contribution in [0.3, 0.4) is 0 Å². The van der Waals surface area contributed by atoms with Crippen molar-refractivity contribution in [2.75, 3.05) is 6.61 Å². The summed E-state index contributed by atoms with van der Waals surface area (Å²) in [5.74, 6) is -3.07. The third kappa shape index (κ3) is 1.65.